The fourth-order valence-electron chi connectivity index (χ4n) is 2.39. The third kappa shape index (κ3) is 4.32. The van der Waals surface area contributed by atoms with Gasteiger partial charge in [0.05, 0.1) is 33.5 Å². The first-order valence-electron chi connectivity index (χ1n) is 7.88. The van der Waals surface area contributed by atoms with Crippen LogP contribution in [0, 0.1) is 0 Å². The highest BCUT2D eigenvalue weighted by Crippen LogP contribution is 2.35. The molecule has 0 bridgehead atoms. The van der Waals surface area contributed by atoms with Crippen LogP contribution in [0.5, 0.6) is 23.0 Å². The molecule has 0 radical (unpaired) electrons. The average Bonchev–Trinajstić information content (AvgIpc) is 2.65. The highest BCUT2D eigenvalue weighted by molar-refractivity contribution is 6.08. The molecule has 2 rings (SSSR count). The lowest BCUT2D eigenvalue weighted by Crippen LogP contribution is -2.01. The van der Waals surface area contributed by atoms with Crippen LogP contribution in [0.2, 0.25) is 0 Å². The highest BCUT2D eigenvalue weighted by Gasteiger charge is 2.12. The number of para-hydroxylation sites is 1. The van der Waals surface area contributed by atoms with Gasteiger partial charge in [0.25, 0.3) is 0 Å². The number of ketones is 1. The first kappa shape index (κ1) is 18.4. The largest absolute Gasteiger partial charge is 0.496 e. The molecule has 0 spiro atoms. The summed E-state index contributed by atoms with van der Waals surface area (Å²) in [5, 5.41) is 0. The number of carbonyl (C=O) groups excluding carboxylic acids is 1. The Labute approximate surface area is 147 Å². The molecule has 25 heavy (non-hydrogen) atoms. The summed E-state index contributed by atoms with van der Waals surface area (Å²) in [6, 6.07) is 10.6. The molecule has 0 amide bonds. The molecular formula is C20H22O5. The summed E-state index contributed by atoms with van der Waals surface area (Å²) in [5.41, 5.74) is 1.22. The maximum atomic E-state index is 12.5. The second kappa shape index (κ2) is 8.78. The number of carbonyl (C=O) groups is 1. The third-order valence-corrected chi connectivity index (χ3v) is 3.60. The number of rotatable bonds is 8. The van der Waals surface area contributed by atoms with Crippen LogP contribution in [-0.4, -0.2) is 33.7 Å². The van der Waals surface area contributed by atoms with Crippen molar-refractivity contribution in [1.29, 1.82) is 0 Å². The van der Waals surface area contributed by atoms with Crippen molar-refractivity contribution in [3.05, 3.63) is 53.6 Å². The van der Waals surface area contributed by atoms with Crippen molar-refractivity contribution in [3.8, 4) is 23.0 Å². The molecule has 0 N–H and O–H groups in total. The van der Waals surface area contributed by atoms with Crippen LogP contribution >= 0.6 is 0 Å². The molecule has 0 saturated heterocycles. The van der Waals surface area contributed by atoms with E-state index in [4.69, 9.17) is 18.9 Å². The van der Waals surface area contributed by atoms with Gasteiger partial charge in [0.15, 0.2) is 17.3 Å². The van der Waals surface area contributed by atoms with E-state index in [0.29, 0.717) is 40.7 Å². The molecule has 2 aromatic carbocycles. The zero-order chi connectivity index (χ0) is 18.2. The second-order valence-corrected chi connectivity index (χ2v) is 5.08. The molecule has 0 heterocycles. The van der Waals surface area contributed by atoms with Crippen LogP contribution in [0.1, 0.15) is 22.8 Å². The normalized spacial score (nSPS) is 10.6. The van der Waals surface area contributed by atoms with Gasteiger partial charge in [0, 0.05) is 11.6 Å². The standard InChI is InChI=1S/C20H22O5/c1-5-25-17-9-7-6-8-15(17)16(21)11-10-14-12-19(23-3)20(24-4)13-18(14)22-2/h6-13H,5H2,1-4H3/b11-10+. The van der Waals surface area contributed by atoms with Crippen molar-refractivity contribution in [3.63, 3.8) is 0 Å². The number of ether oxygens (including phenoxy) is 4. The number of methoxy groups -OCH3 is 3. The minimum Gasteiger partial charge on any atom is -0.496 e. The summed E-state index contributed by atoms with van der Waals surface area (Å²) in [7, 11) is 4.67. The Balaban J connectivity index is 2.34. The molecule has 5 heteroatoms. The first-order valence-corrected chi connectivity index (χ1v) is 7.88. The van der Waals surface area contributed by atoms with Gasteiger partial charge < -0.3 is 18.9 Å². The number of allylic oxidation sites excluding steroid dienone is 1. The highest BCUT2D eigenvalue weighted by atomic mass is 16.5. The van der Waals surface area contributed by atoms with Crippen LogP contribution in [-0.2, 0) is 0 Å². The summed E-state index contributed by atoms with van der Waals surface area (Å²) >= 11 is 0. The molecule has 0 aliphatic carbocycles. The monoisotopic (exact) mass is 342 g/mol. The summed E-state index contributed by atoms with van der Waals surface area (Å²) in [6.45, 7) is 2.38. The van der Waals surface area contributed by atoms with E-state index in [9.17, 15) is 4.79 Å². The second-order valence-electron chi connectivity index (χ2n) is 5.08. The van der Waals surface area contributed by atoms with E-state index in [0.717, 1.165) is 0 Å². The van der Waals surface area contributed by atoms with Crippen molar-refractivity contribution in [2.45, 2.75) is 6.92 Å². The molecule has 0 fully saturated rings. The van der Waals surface area contributed by atoms with E-state index in [-0.39, 0.29) is 5.78 Å². The average molecular weight is 342 g/mol. The van der Waals surface area contributed by atoms with E-state index in [1.807, 2.05) is 13.0 Å². The minimum absolute atomic E-state index is 0.152. The fourth-order valence-corrected chi connectivity index (χ4v) is 2.39. The van der Waals surface area contributed by atoms with E-state index in [1.165, 1.54) is 6.08 Å². The third-order valence-electron chi connectivity index (χ3n) is 3.60. The van der Waals surface area contributed by atoms with Crippen LogP contribution < -0.4 is 18.9 Å². The van der Waals surface area contributed by atoms with Gasteiger partial charge in [0.2, 0.25) is 0 Å². The predicted molar refractivity (Wildman–Crippen MR) is 97.1 cm³/mol. The maximum absolute atomic E-state index is 12.5. The smallest absolute Gasteiger partial charge is 0.189 e. The van der Waals surface area contributed by atoms with E-state index in [2.05, 4.69) is 0 Å². The SMILES string of the molecule is CCOc1ccccc1C(=O)/C=C/c1cc(OC)c(OC)cc1OC. The molecule has 2 aromatic rings. The molecule has 5 nitrogen and oxygen atoms in total. The zero-order valence-corrected chi connectivity index (χ0v) is 14.9. The van der Waals surface area contributed by atoms with E-state index in [1.54, 1.807) is 57.7 Å². The van der Waals surface area contributed by atoms with Gasteiger partial charge in [-0.25, -0.2) is 0 Å². The van der Waals surface area contributed by atoms with Crippen LogP contribution in [0.25, 0.3) is 6.08 Å². The van der Waals surface area contributed by atoms with Crippen molar-refractivity contribution in [1.82, 2.24) is 0 Å². The molecule has 132 valence electrons. The Kier molecular flexibility index (Phi) is 6.46. The Morgan fingerprint density at radius 1 is 0.920 bits per heavy atom. The number of benzene rings is 2. The Bertz CT molecular complexity index is 765. The van der Waals surface area contributed by atoms with Gasteiger partial charge in [0.1, 0.15) is 11.5 Å². The lowest BCUT2D eigenvalue weighted by Gasteiger charge is -2.12. The van der Waals surface area contributed by atoms with E-state index < -0.39 is 0 Å². The van der Waals surface area contributed by atoms with Crippen LogP contribution in [0.4, 0.5) is 0 Å². The van der Waals surface area contributed by atoms with Crippen molar-refractivity contribution in [2.24, 2.45) is 0 Å². The summed E-state index contributed by atoms with van der Waals surface area (Å²) < 4.78 is 21.4. The molecular weight excluding hydrogens is 320 g/mol. The topological polar surface area (TPSA) is 54.0 Å². The molecule has 0 atom stereocenters. The Hall–Kier alpha value is -2.95. The number of hydrogen-bond donors (Lipinski definition) is 0. The minimum atomic E-state index is -0.152. The Morgan fingerprint density at radius 2 is 1.56 bits per heavy atom. The number of hydrogen-bond acceptors (Lipinski definition) is 5. The lowest BCUT2D eigenvalue weighted by molar-refractivity contribution is 0.104. The van der Waals surface area contributed by atoms with Crippen molar-refractivity contribution >= 4 is 11.9 Å². The fraction of sp³-hybridized carbons (Fsp3) is 0.250. The molecule has 0 aromatic heterocycles. The quantitative estimate of drug-likeness (QED) is 0.536. The van der Waals surface area contributed by atoms with Gasteiger partial charge in [-0.3, -0.25) is 4.79 Å². The van der Waals surface area contributed by atoms with Gasteiger partial charge in [-0.1, -0.05) is 12.1 Å². The van der Waals surface area contributed by atoms with Gasteiger partial charge in [-0.2, -0.15) is 0 Å². The van der Waals surface area contributed by atoms with E-state index >= 15 is 0 Å². The summed E-state index contributed by atoms with van der Waals surface area (Å²) in [4.78, 5) is 12.5. The predicted octanol–water partition coefficient (Wildman–Crippen LogP) is 4.01. The van der Waals surface area contributed by atoms with Crippen LogP contribution in [0.3, 0.4) is 0 Å². The zero-order valence-electron chi connectivity index (χ0n) is 14.9. The van der Waals surface area contributed by atoms with Gasteiger partial charge >= 0.3 is 0 Å². The van der Waals surface area contributed by atoms with Crippen molar-refractivity contribution in [2.75, 3.05) is 27.9 Å². The molecule has 0 saturated carbocycles. The lowest BCUT2D eigenvalue weighted by atomic mass is 10.1. The first-order chi connectivity index (χ1) is 12.1. The Morgan fingerprint density at radius 3 is 2.20 bits per heavy atom. The van der Waals surface area contributed by atoms with Gasteiger partial charge in [-0.05, 0) is 37.3 Å². The molecule has 0 aliphatic heterocycles. The van der Waals surface area contributed by atoms with Crippen LogP contribution in [0.15, 0.2) is 42.5 Å². The molecule has 0 aliphatic rings. The summed E-state index contributed by atoms with van der Waals surface area (Å²) in [6.07, 6.45) is 3.17. The molecule has 0 unspecified atom stereocenters. The van der Waals surface area contributed by atoms with Crippen molar-refractivity contribution < 1.29 is 23.7 Å². The van der Waals surface area contributed by atoms with Gasteiger partial charge in [-0.15, -0.1) is 0 Å². The maximum Gasteiger partial charge on any atom is 0.189 e. The summed E-state index contributed by atoms with van der Waals surface area (Å²) in [5.74, 6) is 2.12.